The van der Waals surface area contributed by atoms with Gasteiger partial charge in [0.2, 0.25) is 5.13 Å². The maximum Gasteiger partial charge on any atom is 0.205 e. The second-order valence-corrected chi connectivity index (χ2v) is 7.71. The van der Waals surface area contributed by atoms with Gasteiger partial charge >= 0.3 is 0 Å². The molecular weight excluding hydrogens is 320 g/mol. The van der Waals surface area contributed by atoms with Gasteiger partial charge in [-0.1, -0.05) is 48.1 Å². The minimum atomic E-state index is 0.251. The molecule has 0 spiro atoms. The second kappa shape index (κ2) is 7.59. The van der Waals surface area contributed by atoms with Crippen LogP contribution in [0, 0.1) is 0 Å². The Hall–Kier alpha value is -1.50. The van der Waals surface area contributed by atoms with E-state index in [2.05, 4.69) is 44.7 Å². The van der Waals surface area contributed by atoms with E-state index in [1.807, 2.05) is 6.07 Å². The van der Waals surface area contributed by atoms with Crippen molar-refractivity contribution in [2.45, 2.75) is 37.8 Å². The first-order valence-corrected chi connectivity index (χ1v) is 9.64. The van der Waals surface area contributed by atoms with E-state index in [0.717, 1.165) is 36.3 Å². The number of piperidine rings is 1. The summed E-state index contributed by atoms with van der Waals surface area (Å²) in [6, 6.07) is 11.1. The molecule has 2 aliphatic rings. The van der Waals surface area contributed by atoms with Crippen molar-refractivity contribution in [1.29, 1.82) is 0 Å². The Balaban J connectivity index is 1.27. The third-order valence-corrected chi connectivity index (χ3v) is 5.74. The van der Waals surface area contributed by atoms with E-state index in [4.69, 9.17) is 4.74 Å². The summed E-state index contributed by atoms with van der Waals surface area (Å²) in [4.78, 5) is 2.60. The Morgan fingerprint density at radius 3 is 3.04 bits per heavy atom. The third-order valence-electron chi connectivity index (χ3n) is 4.86. The topological polar surface area (TPSA) is 50.3 Å². The van der Waals surface area contributed by atoms with Gasteiger partial charge in [-0.05, 0) is 24.9 Å². The summed E-state index contributed by atoms with van der Waals surface area (Å²) in [5.74, 6) is 0. The maximum absolute atomic E-state index is 6.02. The highest BCUT2D eigenvalue weighted by atomic mass is 32.1. The van der Waals surface area contributed by atoms with Crippen molar-refractivity contribution >= 4 is 16.5 Å². The van der Waals surface area contributed by atoms with Crippen molar-refractivity contribution in [3.8, 4) is 0 Å². The van der Waals surface area contributed by atoms with Crippen molar-refractivity contribution in [3.63, 3.8) is 0 Å². The first-order chi connectivity index (χ1) is 11.9. The lowest BCUT2D eigenvalue weighted by molar-refractivity contribution is -0.0688. The zero-order valence-electron chi connectivity index (χ0n) is 13.9. The van der Waals surface area contributed by atoms with Gasteiger partial charge in [-0.3, -0.25) is 4.90 Å². The van der Waals surface area contributed by atoms with E-state index < -0.39 is 0 Å². The lowest BCUT2D eigenvalue weighted by atomic mass is 10.0. The number of nitrogens with one attached hydrogen (secondary N) is 1. The number of rotatable bonds is 5. The van der Waals surface area contributed by atoms with Gasteiger partial charge in [0.15, 0.2) is 0 Å². The molecule has 5 nitrogen and oxygen atoms in total. The molecule has 24 heavy (non-hydrogen) atoms. The van der Waals surface area contributed by atoms with Crippen molar-refractivity contribution in [2.75, 3.05) is 31.6 Å². The number of benzene rings is 1. The van der Waals surface area contributed by atoms with Gasteiger partial charge < -0.3 is 10.1 Å². The third kappa shape index (κ3) is 3.94. The van der Waals surface area contributed by atoms with Gasteiger partial charge in [0.1, 0.15) is 5.01 Å². The lowest BCUT2D eigenvalue weighted by Gasteiger charge is -2.42. The van der Waals surface area contributed by atoms with Crippen LogP contribution in [-0.4, -0.2) is 53.5 Å². The van der Waals surface area contributed by atoms with Crippen molar-refractivity contribution in [1.82, 2.24) is 15.1 Å². The predicted molar refractivity (Wildman–Crippen MR) is 96.6 cm³/mol. The lowest BCUT2D eigenvalue weighted by Crippen LogP contribution is -2.53. The Labute approximate surface area is 147 Å². The summed E-state index contributed by atoms with van der Waals surface area (Å²) in [6.45, 7) is 3.95. The highest BCUT2D eigenvalue weighted by Crippen LogP contribution is 2.23. The summed E-state index contributed by atoms with van der Waals surface area (Å²) in [5.41, 5.74) is 1.27. The van der Waals surface area contributed by atoms with Crippen molar-refractivity contribution in [3.05, 3.63) is 40.9 Å². The van der Waals surface area contributed by atoms with Gasteiger partial charge in [0.25, 0.3) is 0 Å². The van der Waals surface area contributed by atoms with E-state index in [-0.39, 0.29) is 6.10 Å². The summed E-state index contributed by atoms with van der Waals surface area (Å²) < 4.78 is 6.02. The number of nitrogens with zero attached hydrogens (tertiary/aromatic N) is 3. The van der Waals surface area contributed by atoms with Crippen LogP contribution in [0.15, 0.2) is 30.3 Å². The fraction of sp³-hybridized carbons (Fsp3) is 0.556. The molecule has 2 unspecified atom stereocenters. The zero-order valence-corrected chi connectivity index (χ0v) is 14.7. The largest absolute Gasteiger partial charge is 0.373 e. The molecule has 2 aromatic rings. The summed E-state index contributed by atoms with van der Waals surface area (Å²) >= 11 is 1.64. The van der Waals surface area contributed by atoms with E-state index in [9.17, 15) is 0 Å². The molecule has 2 atom stereocenters. The van der Waals surface area contributed by atoms with Gasteiger partial charge in [-0.15, -0.1) is 10.2 Å². The Kier molecular flexibility index (Phi) is 5.06. The average Bonchev–Trinajstić information content (AvgIpc) is 3.08. The van der Waals surface area contributed by atoms with Crippen LogP contribution >= 0.6 is 11.3 Å². The Morgan fingerprint density at radius 1 is 1.21 bits per heavy atom. The minimum absolute atomic E-state index is 0.251. The van der Waals surface area contributed by atoms with E-state index >= 15 is 0 Å². The Morgan fingerprint density at radius 2 is 2.12 bits per heavy atom. The number of hydrogen-bond acceptors (Lipinski definition) is 6. The summed E-state index contributed by atoms with van der Waals surface area (Å²) in [6.07, 6.45) is 5.06. The predicted octanol–water partition coefficient (Wildman–Crippen LogP) is 2.79. The maximum atomic E-state index is 6.02. The highest BCUT2D eigenvalue weighted by molar-refractivity contribution is 7.15. The molecular formula is C18H24N4OS. The van der Waals surface area contributed by atoms with Crippen molar-refractivity contribution in [2.24, 2.45) is 0 Å². The molecule has 0 radical (unpaired) electrons. The van der Waals surface area contributed by atoms with Gasteiger partial charge in [0.05, 0.1) is 12.7 Å². The van der Waals surface area contributed by atoms with Gasteiger partial charge in [-0.2, -0.15) is 0 Å². The van der Waals surface area contributed by atoms with Crippen LogP contribution in [0.4, 0.5) is 5.13 Å². The molecule has 4 rings (SSSR count). The zero-order chi connectivity index (χ0) is 16.2. The average molecular weight is 344 g/mol. The molecule has 0 amide bonds. The van der Waals surface area contributed by atoms with Crippen LogP contribution in [0.2, 0.25) is 0 Å². The normalized spacial score (nSPS) is 24.5. The van der Waals surface area contributed by atoms with E-state index in [1.54, 1.807) is 11.3 Å². The van der Waals surface area contributed by atoms with Crippen LogP contribution in [-0.2, 0) is 11.2 Å². The van der Waals surface area contributed by atoms with Crippen LogP contribution in [0.1, 0.15) is 29.8 Å². The second-order valence-electron chi connectivity index (χ2n) is 6.64. The van der Waals surface area contributed by atoms with Crippen LogP contribution < -0.4 is 5.32 Å². The smallest absolute Gasteiger partial charge is 0.205 e. The molecule has 1 N–H and O–H groups in total. The highest BCUT2D eigenvalue weighted by Gasteiger charge is 2.30. The first-order valence-electron chi connectivity index (χ1n) is 8.82. The number of hydrogen-bond donors (Lipinski definition) is 1. The van der Waals surface area contributed by atoms with Crippen LogP contribution in [0.5, 0.6) is 0 Å². The molecule has 2 fully saturated rings. The quantitative estimate of drug-likeness (QED) is 0.904. The number of fused-ring (bicyclic) bond motifs is 1. The van der Waals surface area contributed by atoms with Crippen LogP contribution in [0.25, 0.3) is 0 Å². The fourth-order valence-corrected chi connectivity index (χ4v) is 4.32. The van der Waals surface area contributed by atoms with E-state index in [1.165, 1.54) is 31.4 Å². The summed E-state index contributed by atoms with van der Waals surface area (Å²) in [7, 11) is 0. The monoisotopic (exact) mass is 344 g/mol. The minimum Gasteiger partial charge on any atom is -0.373 e. The fourth-order valence-electron chi connectivity index (χ4n) is 3.54. The molecule has 1 aromatic carbocycles. The van der Waals surface area contributed by atoms with Crippen molar-refractivity contribution < 1.29 is 4.74 Å². The number of morpholine rings is 1. The summed E-state index contributed by atoms with van der Waals surface area (Å²) in [5, 5.41) is 13.9. The molecule has 128 valence electrons. The van der Waals surface area contributed by atoms with Gasteiger partial charge in [0, 0.05) is 25.6 Å². The van der Waals surface area contributed by atoms with Crippen LogP contribution in [0.3, 0.4) is 0 Å². The molecule has 3 heterocycles. The number of ether oxygens (including phenoxy) is 1. The molecule has 6 heteroatoms. The molecule has 2 aliphatic heterocycles. The standard InChI is InChI=1S/C18H24N4OS/c1-2-6-14(7-3-1)10-17-20-21-18(24-17)19-11-16-12-22-9-5-4-8-15(22)13-23-16/h1-3,6-7,15-16H,4-5,8-13H2,(H,19,21). The molecule has 0 saturated carbocycles. The number of anilines is 1. The van der Waals surface area contributed by atoms with Gasteiger partial charge in [-0.25, -0.2) is 0 Å². The SMILES string of the molecule is c1ccc(Cc2nnc(NCC3CN4CCCCC4CO3)s2)cc1. The molecule has 2 saturated heterocycles. The molecule has 0 aliphatic carbocycles. The molecule has 0 bridgehead atoms. The number of aromatic nitrogens is 2. The first kappa shape index (κ1) is 16.0. The van der Waals surface area contributed by atoms with E-state index in [0.29, 0.717) is 6.04 Å². The molecule has 1 aromatic heterocycles. The Bertz CT molecular complexity index is 647.